The summed E-state index contributed by atoms with van der Waals surface area (Å²) >= 11 is 0. The minimum Gasteiger partial charge on any atom is -0.481 e. The van der Waals surface area contributed by atoms with Gasteiger partial charge in [0.2, 0.25) is 5.95 Å². The van der Waals surface area contributed by atoms with Crippen molar-refractivity contribution in [2.75, 3.05) is 35.6 Å². The number of nitrogens with two attached hydrogens (primary N) is 1. The van der Waals surface area contributed by atoms with Crippen molar-refractivity contribution in [1.82, 2.24) is 9.97 Å². The van der Waals surface area contributed by atoms with Crippen LogP contribution in [0.3, 0.4) is 0 Å². The van der Waals surface area contributed by atoms with Crippen LogP contribution in [0.2, 0.25) is 0 Å². The molecule has 0 radical (unpaired) electrons. The van der Waals surface area contributed by atoms with Gasteiger partial charge in [-0.3, -0.25) is 4.79 Å². The van der Waals surface area contributed by atoms with E-state index in [0.29, 0.717) is 30.5 Å². The smallest absolute Gasteiger partial charge is 0.308 e. The molecule has 7 heteroatoms. The van der Waals surface area contributed by atoms with Gasteiger partial charge in [-0.05, 0) is 18.8 Å². The standard InChI is InChI=1S/C15H25N5O2/c1-3-4-5-17-12-7-13(19-15(16)18-12)20-8-10(2)6-11(9-20)14(21)22/h7,10-11H,3-6,8-9H2,1-2H3,(H,21,22)(H3,16,17,18,19). The predicted octanol–water partition coefficient (Wildman–Crippen LogP) is 1.82. The van der Waals surface area contributed by atoms with E-state index in [9.17, 15) is 9.90 Å². The van der Waals surface area contributed by atoms with Crippen LogP contribution < -0.4 is 16.0 Å². The molecule has 4 N–H and O–H groups in total. The molecule has 0 spiro atoms. The number of aliphatic carboxylic acids is 1. The summed E-state index contributed by atoms with van der Waals surface area (Å²) in [5, 5.41) is 12.5. The fourth-order valence-corrected chi connectivity index (χ4v) is 2.82. The highest BCUT2D eigenvalue weighted by Crippen LogP contribution is 2.27. The lowest BCUT2D eigenvalue weighted by Gasteiger charge is -2.35. The summed E-state index contributed by atoms with van der Waals surface area (Å²) < 4.78 is 0. The Bertz CT molecular complexity index is 523. The molecule has 2 unspecified atom stereocenters. The van der Waals surface area contributed by atoms with Gasteiger partial charge in [-0.2, -0.15) is 9.97 Å². The summed E-state index contributed by atoms with van der Waals surface area (Å²) in [6, 6.07) is 1.85. The molecule has 0 saturated carbocycles. The molecule has 1 aromatic rings. The number of anilines is 3. The average Bonchev–Trinajstić information content (AvgIpc) is 2.46. The summed E-state index contributed by atoms with van der Waals surface area (Å²) in [5.74, 6) is 0.797. The van der Waals surface area contributed by atoms with Crippen LogP contribution in [-0.2, 0) is 4.79 Å². The van der Waals surface area contributed by atoms with Crippen molar-refractivity contribution in [3.63, 3.8) is 0 Å². The van der Waals surface area contributed by atoms with E-state index in [1.807, 2.05) is 11.0 Å². The van der Waals surface area contributed by atoms with Crippen molar-refractivity contribution < 1.29 is 9.90 Å². The molecule has 1 fully saturated rings. The normalized spacial score (nSPS) is 21.6. The van der Waals surface area contributed by atoms with E-state index in [-0.39, 0.29) is 11.9 Å². The van der Waals surface area contributed by atoms with E-state index in [1.54, 1.807) is 0 Å². The van der Waals surface area contributed by atoms with E-state index in [0.717, 1.165) is 25.9 Å². The predicted molar refractivity (Wildman–Crippen MR) is 87.0 cm³/mol. The summed E-state index contributed by atoms with van der Waals surface area (Å²) in [6.45, 7) is 6.27. The molecule has 2 rings (SSSR count). The van der Waals surface area contributed by atoms with Crippen molar-refractivity contribution in [3.05, 3.63) is 6.07 Å². The first kappa shape index (κ1) is 16.3. The molecule has 0 aliphatic carbocycles. The van der Waals surface area contributed by atoms with Crippen molar-refractivity contribution in [3.8, 4) is 0 Å². The molecular formula is C15H25N5O2. The molecule has 7 nitrogen and oxygen atoms in total. The first-order valence-electron chi connectivity index (χ1n) is 7.85. The van der Waals surface area contributed by atoms with Gasteiger partial charge < -0.3 is 21.1 Å². The fourth-order valence-electron chi connectivity index (χ4n) is 2.82. The van der Waals surface area contributed by atoms with Crippen LogP contribution in [0.25, 0.3) is 0 Å². The maximum absolute atomic E-state index is 11.3. The molecule has 0 amide bonds. The number of carboxylic acids is 1. The van der Waals surface area contributed by atoms with Crippen molar-refractivity contribution in [2.24, 2.45) is 11.8 Å². The van der Waals surface area contributed by atoms with Crippen LogP contribution in [-0.4, -0.2) is 40.7 Å². The lowest BCUT2D eigenvalue weighted by Crippen LogP contribution is -2.43. The van der Waals surface area contributed by atoms with Gasteiger partial charge in [-0.15, -0.1) is 0 Å². The van der Waals surface area contributed by atoms with Gasteiger partial charge in [-0.1, -0.05) is 20.3 Å². The van der Waals surface area contributed by atoms with Crippen molar-refractivity contribution in [2.45, 2.75) is 33.1 Å². The number of aromatic nitrogens is 2. The van der Waals surface area contributed by atoms with Gasteiger partial charge in [0, 0.05) is 25.7 Å². The molecule has 1 aliphatic rings. The highest BCUT2D eigenvalue weighted by Gasteiger charge is 2.30. The number of nitrogens with one attached hydrogen (secondary N) is 1. The maximum Gasteiger partial charge on any atom is 0.308 e. The zero-order chi connectivity index (χ0) is 16.1. The van der Waals surface area contributed by atoms with Crippen LogP contribution in [0.5, 0.6) is 0 Å². The lowest BCUT2D eigenvalue weighted by atomic mass is 9.90. The summed E-state index contributed by atoms with van der Waals surface area (Å²) in [4.78, 5) is 21.7. The topological polar surface area (TPSA) is 104 Å². The van der Waals surface area contributed by atoms with E-state index in [4.69, 9.17) is 5.73 Å². The largest absolute Gasteiger partial charge is 0.481 e. The van der Waals surface area contributed by atoms with Crippen molar-refractivity contribution in [1.29, 1.82) is 0 Å². The highest BCUT2D eigenvalue weighted by atomic mass is 16.4. The summed E-state index contributed by atoms with van der Waals surface area (Å²) in [7, 11) is 0. The minimum absolute atomic E-state index is 0.210. The third-order valence-corrected chi connectivity index (χ3v) is 3.90. The molecule has 0 aromatic carbocycles. The molecule has 122 valence electrons. The van der Waals surface area contributed by atoms with Crippen LogP contribution in [0, 0.1) is 11.8 Å². The number of hydrogen-bond donors (Lipinski definition) is 3. The number of nitrogens with zero attached hydrogens (tertiary/aromatic N) is 3. The molecular weight excluding hydrogens is 282 g/mol. The number of nitrogen functional groups attached to an aromatic ring is 1. The zero-order valence-electron chi connectivity index (χ0n) is 13.2. The average molecular weight is 307 g/mol. The summed E-state index contributed by atoms with van der Waals surface area (Å²) in [5.41, 5.74) is 5.79. The highest BCUT2D eigenvalue weighted by molar-refractivity contribution is 5.71. The Morgan fingerprint density at radius 1 is 1.50 bits per heavy atom. The molecule has 22 heavy (non-hydrogen) atoms. The van der Waals surface area contributed by atoms with Crippen LogP contribution >= 0.6 is 0 Å². The van der Waals surface area contributed by atoms with Gasteiger partial charge >= 0.3 is 5.97 Å². The van der Waals surface area contributed by atoms with Gasteiger partial charge in [-0.25, -0.2) is 0 Å². The van der Waals surface area contributed by atoms with Crippen LogP contribution in [0.4, 0.5) is 17.6 Å². The summed E-state index contributed by atoms with van der Waals surface area (Å²) in [6.07, 6.45) is 2.86. The molecule has 1 saturated heterocycles. The molecule has 2 atom stereocenters. The molecule has 2 heterocycles. The molecule has 0 bridgehead atoms. The van der Waals surface area contributed by atoms with Gasteiger partial charge in [0.25, 0.3) is 0 Å². The Hall–Kier alpha value is -2.05. The Kier molecular flexibility index (Phi) is 5.41. The van der Waals surface area contributed by atoms with Gasteiger partial charge in [0.05, 0.1) is 5.92 Å². The van der Waals surface area contributed by atoms with Crippen LogP contribution in [0.15, 0.2) is 6.07 Å². The number of hydrogen-bond acceptors (Lipinski definition) is 6. The zero-order valence-corrected chi connectivity index (χ0v) is 13.2. The second-order valence-corrected chi connectivity index (χ2v) is 6.03. The Balaban J connectivity index is 2.14. The number of carboxylic acid groups (broad SMARTS) is 1. The van der Waals surface area contributed by atoms with E-state index in [1.165, 1.54) is 0 Å². The first-order valence-corrected chi connectivity index (χ1v) is 7.85. The van der Waals surface area contributed by atoms with Crippen LogP contribution in [0.1, 0.15) is 33.1 Å². The molecule has 1 aromatic heterocycles. The van der Waals surface area contributed by atoms with Gasteiger partial charge in [0.15, 0.2) is 0 Å². The van der Waals surface area contributed by atoms with E-state index < -0.39 is 5.97 Å². The quantitative estimate of drug-likeness (QED) is 0.688. The molecule has 1 aliphatic heterocycles. The van der Waals surface area contributed by atoms with Crippen molar-refractivity contribution >= 4 is 23.6 Å². The monoisotopic (exact) mass is 307 g/mol. The fraction of sp³-hybridized carbons (Fsp3) is 0.667. The SMILES string of the molecule is CCCCNc1cc(N2CC(C)CC(C(=O)O)C2)nc(N)n1. The minimum atomic E-state index is -0.750. The van der Waals surface area contributed by atoms with E-state index >= 15 is 0 Å². The van der Waals surface area contributed by atoms with E-state index in [2.05, 4.69) is 29.1 Å². The second kappa shape index (κ2) is 7.29. The number of rotatable bonds is 6. The number of carbonyl (C=O) groups is 1. The Labute approximate surface area is 130 Å². The third-order valence-electron chi connectivity index (χ3n) is 3.90. The Morgan fingerprint density at radius 2 is 2.27 bits per heavy atom. The van der Waals surface area contributed by atoms with Gasteiger partial charge in [0.1, 0.15) is 11.6 Å². The Morgan fingerprint density at radius 3 is 2.95 bits per heavy atom. The second-order valence-electron chi connectivity index (χ2n) is 6.03. The lowest BCUT2D eigenvalue weighted by molar-refractivity contribution is -0.142. The number of unbranched alkanes of at least 4 members (excludes halogenated alkanes) is 1. The number of piperidine rings is 1. The third kappa shape index (κ3) is 4.22. The first-order chi connectivity index (χ1) is 10.5. The maximum atomic E-state index is 11.3.